The molecule has 2 nitrogen and oxygen atoms in total. The highest BCUT2D eigenvalue weighted by Crippen LogP contribution is 2.17. The number of nitrogens with one attached hydrogen (secondary N) is 1. The number of hydrogen-bond acceptors (Lipinski definition) is 1. The average molecular weight is 354 g/mol. The zero-order chi connectivity index (χ0) is 15.5. The van der Waals surface area contributed by atoms with Gasteiger partial charge in [0.1, 0.15) is 0 Å². The number of amides is 1. The van der Waals surface area contributed by atoms with Crippen molar-refractivity contribution in [3.8, 4) is 0 Å². The lowest BCUT2D eigenvalue weighted by atomic mass is 10.1. The highest BCUT2D eigenvalue weighted by molar-refractivity contribution is 9.10. The fourth-order valence-corrected chi connectivity index (χ4v) is 2.66. The Kier molecular flexibility index (Phi) is 9.40. The molecule has 1 amide bonds. The first kappa shape index (κ1) is 18.2. The van der Waals surface area contributed by atoms with Gasteiger partial charge >= 0.3 is 0 Å². The van der Waals surface area contributed by atoms with Gasteiger partial charge in [0, 0.05) is 10.9 Å². The average Bonchev–Trinajstić information content (AvgIpc) is 2.47. The molecule has 3 heteroatoms. The predicted molar refractivity (Wildman–Crippen MR) is 93.3 cm³/mol. The minimum absolute atomic E-state index is 0.0788. The van der Waals surface area contributed by atoms with Crippen molar-refractivity contribution in [1.29, 1.82) is 0 Å². The Hall–Kier alpha value is -0.830. The lowest BCUT2D eigenvalue weighted by Gasteiger charge is -2.14. The second-order valence-electron chi connectivity index (χ2n) is 5.71. The summed E-state index contributed by atoms with van der Waals surface area (Å²) in [5.74, 6) is 0.166. The molecule has 0 radical (unpaired) electrons. The van der Waals surface area contributed by atoms with E-state index in [9.17, 15) is 4.79 Å². The zero-order valence-corrected chi connectivity index (χ0v) is 14.9. The molecular weight excluding hydrogens is 326 g/mol. The molecule has 1 rings (SSSR count). The molecule has 1 N–H and O–H groups in total. The van der Waals surface area contributed by atoms with Crippen LogP contribution in [0.1, 0.15) is 76.8 Å². The standard InChI is InChI=1S/C18H28BrNO/c1-3-4-5-6-7-8-9-10-18(21)20-15(2)16-11-13-17(19)14-12-16/h11-15H,3-10H2,1-2H3,(H,20,21). The topological polar surface area (TPSA) is 29.1 Å². The van der Waals surface area contributed by atoms with Gasteiger partial charge in [-0.3, -0.25) is 4.79 Å². The van der Waals surface area contributed by atoms with Crippen LogP contribution < -0.4 is 5.32 Å². The van der Waals surface area contributed by atoms with Gasteiger partial charge in [0.25, 0.3) is 0 Å². The summed E-state index contributed by atoms with van der Waals surface area (Å²) in [5.41, 5.74) is 1.14. The Labute approximate surface area is 137 Å². The first-order valence-electron chi connectivity index (χ1n) is 8.18. The van der Waals surface area contributed by atoms with E-state index in [-0.39, 0.29) is 11.9 Å². The predicted octanol–water partition coefficient (Wildman–Crippen LogP) is 5.77. The summed E-state index contributed by atoms with van der Waals surface area (Å²) in [6.45, 7) is 4.27. The first-order valence-corrected chi connectivity index (χ1v) is 8.97. The number of halogens is 1. The van der Waals surface area contributed by atoms with Crippen molar-refractivity contribution >= 4 is 21.8 Å². The third-order valence-corrected chi connectivity index (χ3v) is 4.28. The molecular formula is C18H28BrNO. The second-order valence-corrected chi connectivity index (χ2v) is 6.63. The van der Waals surface area contributed by atoms with Crippen LogP contribution in [-0.4, -0.2) is 5.91 Å². The van der Waals surface area contributed by atoms with E-state index in [0.717, 1.165) is 16.5 Å². The van der Waals surface area contributed by atoms with Crippen molar-refractivity contribution < 1.29 is 4.79 Å². The number of benzene rings is 1. The van der Waals surface area contributed by atoms with Crippen molar-refractivity contribution in [3.63, 3.8) is 0 Å². The minimum atomic E-state index is 0.0788. The van der Waals surface area contributed by atoms with Crippen LogP contribution in [0.25, 0.3) is 0 Å². The van der Waals surface area contributed by atoms with E-state index < -0.39 is 0 Å². The molecule has 1 unspecified atom stereocenters. The van der Waals surface area contributed by atoms with E-state index in [0.29, 0.717) is 6.42 Å². The molecule has 1 atom stereocenters. The molecule has 0 saturated carbocycles. The molecule has 0 aliphatic carbocycles. The van der Waals surface area contributed by atoms with Gasteiger partial charge in [0.05, 0.1) is 6.04 Å². The Bertz CT molecular complexity index is 402. The van der Waals surface area contributed by atoms with Crippen LogP contribution >= 0.6 is 15.9 Å². The molecule has 0 heterocycles. The number of unbranched alkanes of at least 4 members (excludes halogenated alkanes) is 6. The molecule has 0 fully saturated rings. The monoisotopic (exact) mass is 353 g/mol. The van der Waals surface area contributed by atoms with E-state index >= 15 is 0 Å². The van der Waals surface area contributed by atoms with Crippen molar-refractivity contribution in [2.24, 2.45) is 0 Å². The second kappa shape index (κ2) is 10.8. The fourth-order valence-electron chi connectivity index (χ4n) is 2.39. The summed E-state index contributed by atoms with van der Waals surface area (Å²) >= 11 is 3.42. The van der Waals surface area contributed by atoms with E-state index in [2.05, 4.69) is 28.2 Å². The maximum absolute atomic E-state index is 11.9. The number of carbonyl (C=O) groups is 1. The summed E-state index contributed by atoms with van der Waals surface area (Å²) in [7, 11) is 0. The van der Waals surface area contributed by atoms with E-state index in [4.69, 9.17) is 0 Å². The highest BCUT2D eigenvalue weighted by atomic mass is 79.9. The normalized spacial score (nSPS) is 12.1. The van der Waals surface area contributed by atoms with Gasteiger partial charge in [0.15, 0.2) is 0 Å². The highest BCUT2D eigenvalue weighted by Gasteiger charge is 2.08. The fraction of sp³-hybridized carbons (Fsp3) is 0.611. The molecule has 0 aliphatic rings. The lowest BCUT2D eigenvalue weighted by Crippen LogP contribution is -2.26. The molecule has 1 aromatic rings. The Morgan fingerprint density at radius 3 is 2.24 bits per heavy atom. The van der Waals surface area contributed by atoms with Gasteiger partial charge < -0.3 is 5.32 Å². The number of hydrogen-bond donors (Lipinski definition) is 1. The molecule has 0 aromatic heterocycles. The van der Waals surface area contributed by atoms with Crippen LogP contribution in [0.4, 0.5) is 0 Å². The SMILES string of the molecule is CCCCCCCCCC(=O)NC(C)c1ccc(Br)cc1. The summed E-state index contributed by atoms with van der Waals surface area (Å²) in [5, 5.41) is 3.07. The van der Waals surface area contributed by atoms with Crippen LogP contribution in [-0.2, 0) is 4.79 Å². The van der Waals surface area contributed by atoms with Crippen LogP contribution in [0.3, 0.4) is 0 Å². The smallest absolute Gasteiger partial charge is 0.220 e. The molecule has 21 heavy (non-hydrogen) atoms. The van der Waals surface area contributed by atoms with E-state index in [1.54, 1.807) is 0 Å². The van der Waals surface area contributed by atoms with E-state index in [1.165, 1.54) is 38.5 Å². The van der Waals surface area contributed by atoms with Gasteiger partial charge in [-0.25, -0.2) is 0 Å². The van der Waals surface area contributed by atoms with E-state index in [1.807, 2.05) is 31.2 Å². The molecule has 1 aromatic carbocycles. The summed E-state index contributed by atoms with van der Waals surface area (Å²) in [4.78, 5) is 11.9. The summed E-state index contributed by atoms with van der Waals surface area (Å²) < 4.78 is 1.06. The first-order chi connectivity index (χ1) is 10.1. The van der Waals surface area contributed by atoms with Gasteiger partial charge in [-0.2, -0.15) is 0 Å². The van der Waals surface area contributed by atoms with Crippen molar-refractivity contribution in [2.45, 2.75) is 71.3 Å². The van der Waals surface area contributed by atoms with Crippen LogP contribution in [0.15, 0.2) is 28.7 Å². The van der Waals surface area contributed by atoms with Crippen molar-refractivity contribution in [2.75, 3.05) is 0 Å². The quantitative estimate of drug-likeness (QED) is 0.531. The van der Waals surface area contributed by atoms with Gasteiger partial charge in [-0.05, 0) is 31.0 Å². The maximum Gasteiger partial charge on any atom is 0.220 e. The van der Waals surface area contributed by atoms with Gasteiger partial charge in [-0.1, -0.05) is 73.5 Å². The summed E-state index contributed by atoms with van der Waals surface area (Å²) in [6, 6.07) is 8.18. The minimum Gasteiger partial charge on any atom is -0.350 e. The molecule has 0 spiro atoms. The lowest BCUT2D eigenvalue weighted by molar-refractivity contribution is -0.121. The van der Waals surface area contributed by atoms with Crippen LogP contribution in [0.5, 0.6) is 0 Å². The van der Waals surface area contributed by atoms with Crippen LogP contribution in [0, 0.1) is 0 Å². The Morgan fingerprint density at radius 2 is 1.62 bits per heavy atom. The largest absolute Gasteiger partial charge is 0.350 e. The number of rotatable bonds is 10. The maximum atomic E-state index is 11.9. The van der Waals surface area contributed by atoms with Crippen LogP contribution in [0.2, 0.25) is 0 Å². The van der Waals surface area contributed by atoms with Crippen molar-refractivity contribution in [3.05, 3.63) is 34.3 Å². The number of carbonyl (C=O) groups excluding carboxylic acids is 1. The third kappa shape index (κ3) is 8.25. The Balaban J connectivity index is 2.14. The zero-order valence-electron chi connectivity index (χ0n) is 13.3. The van der Waals surface area contributed by atoms with Gasteiger partial charge in [-0.15, -0.1) is 0 Å². The molecule has 0 saturated heterocycles. The molecule has 0 bridgehead atoms. The van der Waals surface area contributed by atoms with Crippen molar-refractivity contribution in [1.82, 2.24) is 5.32 Å². The molecule has 118 valence electrons. The Morgan fingerprint density at radius 1 is 1.05 bits per heavy atom. The third-order valence-electron chi connectivity index (χ3n) is 3.75. The van der Waals surface area contributed by atoms with Gasteiger partial charge in [0.2, 0.25) is 5.91 Å². The summed E-state index contributed by atoms with van der Waals surface area (Å²) in [6.07, 6.45) is 9.36. The molecule has 0 aliphatic heterocycles.